The van der Waals surface area contributed by atoms with Crippen LogP contribution in [-0.4, -0.2) is 34.6 Å². The van der Waals surface area contributed by atoms with Crippen molar-refractivity contribution in [3.63, 3.8) is 0 Å². The second-order valence-corrected chi connectivity index (χ2v) is 6.45. The van der Waals surface area contributed by atoms with Gasteiger partial charge in [0.25, 0.3) is 0 Å². The molecule has 0 atom stereocenters. The van der Waals surface area contributed by atoms with Gasteiger partial charge < -0.3 is 10.2 Å². The van der Waals surface area contributed by atoms with E-state index in [-0.39, 0.29) is 0 Å². The van der Waals surface area contributed by atoms with Crippen LogP contribution in [0.1, 0.15) is 5.56 Å². The van der Waals surface area contributed by atoms with E-state index < -0.39 is 0 Å². The molecule has 1 N–H and O–H groups in total. The lowest BCUT2D eigenvalue weighted by molar-refractivity contribution is 0.453. The van der Waals surface area contributed by atoms with E-state index in [2.05, 4.69) is 10.2 Å². The predicted octanol–water partition coefficient (Wildman–Crippen LogP) is 3.42. The van der Waals surface area contributed by atoms with Gasteiger partial charge in [-0.05, 0) is 29.9 Å². The van der Waals surface area contributed by atoms with Gasteiger partial charge in [-0.15, -0.1) is 0 Å². The summed E-state index contributed by atoms with van der Waals surface area (Å²) in [5, 5.41) is 5.38. The Morgan fingerprint density at radius 2 is 2.06 bits per heavy atom. The van der Waals surface area contributed by atoms with Crippen LogP contribution in [-0.2, 0) is 6.54 Å². The number of benzene rings is 1. The Bertz CT molecular complexity index is 434. The molecule has 2 nitrogen and oxygen atoms in total. The Balaban J connectivity index is 1.88. The van der Waals surface area contributed by atoms with Crippen molar-refractivity contribution < 1.29 is 0 Å². The van der Waals surface area contributed by atoms with Crippen molar-refractivity contribution in [3.05, 3.63) is 33.8 Å². The molecule has 0 saturated carbocycles. The molecule has 0 spiro atoms. The maximum Gasteiger partial charge on any atom is 0.169 e. The molecule has 0 unspecified atom stereocenters. The molecule has 0 amide bonds. The van der Waals surface area contributed by atoms with E-state index in [9.17, 15) is 0 Å². The summed E-state index contributed by atoms with van der Waals surface area (Å²) in [7, 11) is 0. The molecule has 18 heavy (non-hydrogen) atoms. The third-order valence-electron chi connectivity index (χ3n) is 2.74. The topological polar surface area (TPSA) is 15.3 Å². The molecule has 0 radical (unpaired) electrons. The highest BCUT2D eigenvalue weighted by atomic mass is 35.5. The fraction of sp³-hybridized carbons (Fsp3) is 0.417. The number of thioether (sulfide) groups is 1. The molecule has 1 aromatic carbocycles. The maximum absolute atomic E-state index is 6.11. The van der Waals surface area contributed by atoms with Gasteiger partial charge in [0.05, 0.1) is 0 Å². The van der Waals surface area contributed by atoms with E-state index in [0.29, 0.717) is 16.6 Å². The largest absolute Gasteiger partial charge is 0.358 e. The predicted molar refractivity (Wildman–Crippen MR) is 84.8 cm³/mol. The molecule has 1 aromatic rings. The monoisotopic (exact) mass is 320 g/mol. The van der Waals surface area contributed by atoms with Gasteiger partial charge >= 0.3 is 0 Å². The molecule has 1 aliphatic rings. The SMILES string of the molecule is S=C(NCc1ccc(Cl)cc1Cl)N1CCSCC1. The molecular weight excluding hydrogens is 307 g/mol. The zero-order chi connectivity index (χ0) is 13.0. The third kappa shape index (κ3) is 3.92. The van der Waals surface area contributed by atoms with Crippen LogP contribution in [0, 0.1) is 0 Å². The molecule has 1 fully saturated rings. The Morgan fingerprint density at radius 3 is 2.72 bits per heavy atom. The number of rotatable bonds is 2. The van der Waals surface area contributed by atoms with Gasteiger partial charge in [-0.3, -0.25) is 0 Å². The summed E-state index contributed by atoms with van der Waals surface area (Å²) in [4.78, 5) is 2.20. The Kier molecular flexibility index (Phi) is 5.42. The van der Waals surface area contributed by atoms with E-state index in [0.717, 1.165) is 35.3 Å². The maximum atomic E-state index is 6.11. The van der Waals surface area contributed by atoms with Gasteiger partial charge in [-0.25, -0.2) is 0 Å². The van der Waals surface area contributed by atoms with Crippen molar-refractivity contribution in [2.75, 3.05) is 24.6 Å². The minimum atomic E-state index is 0.637. The molecule has 0 aliphatic carbocycles. The second-order valence-electron chi connectivity index (χ2n) is 3.99. The van der Waals surface area contributed by atoms with Gasteiger partial charge in [0.2, 0.25) is 0 Å². The summed E-state index contributed by atoms with van der Waals surface area (Å²) < 4.78 is 0. The first-order chi connectivity index (χ1) is 8.66. The van der Waals surface area contributed by atoms with Crippen molar-refractivity contribution >= 4 is 52.3 Å². The lowest BCUT2D eigenvalue weighted by atomic mass is 10.2. The highest BCUT2D eigenvalue weighted by Gasteiger charge is 2.13. The highest BCUT2D eigenvalue weighted by molar-refractivity contribution is 7.99. The molecule has 1 saturated heterocycles. The van der Waals surface area contributed by atoms with Crippen LogP contribution in [0.5, 0.6) is 0 Å². The van der Waals surface area contributed by atoms with Crippen LogP contribution in [0.3, 0.4) is 0 Å². The number of halogens is 2. The number of thiocarbonyl (C=S) groups is 1. The second kappa shape index (κ2) is 6.85. The first-order valence-electron chi connectivity index (χ1n) is 5.71. The van der Waals surface area contributed by atoms with Crippen LogP contribution < -0.4 is 5.32 Å². The quantitative estimate of drug-likeness (QED) is 0.839. The Hall–Kier alpha value is -0.160. The van der Waals surface area contributed by atoms with Crippen LogP contribution >= 0.6 is 47.2 Å². The van der Waals surface area contributed by atoms with Crippen LogP contribution in [0.15, 0.2) is 18.2 Å². The smallest absolute Gasteiger partial charge is 0.169 e. The van der Waals surface area contributed by atoms with Crippen molar-refractivity contribution in [1.82, 2.24) is 10.2 Å². The number of nitrogens with zero attached hydrogens (tertiary/aromatic N) is 1. The summed E-state index contributed by atoms with van der Waals surface area (Å²) in [5.74, 6) is 2.28. The minimum Gasteiger partial charge on any atom is -0.358 e. The van der Waals surface area contributed by atoms with E-state index in [1.165, 1.54) is 0 Å². The summed E-state index contributed by atoms with van der Waals surface area (Å²) >= 11 is 19.3. The molecule has 1 aliphatic heterocycles. The summed E-state index contributed by atoms with van der Waals surface area (Å²) in [6, 6.07) is 5.51. The average molecular weight is 321 g/mol. The van der Waals surface area contributed by atoms with Gasteiger partial charge in [0, 0.05) is 41.2 Å². The van der Waals surface area contributed by atoms with E-state index in [1.54, 1.807) is 6.07 Å². The lowest BCUT2D eigenvalue weighted by Gasteiger charge is -2.29. The summed E-state index contributed by atoms with van der Waals surface area (Å²) in [5.41, 5.74) is 1.01. The van der Waals surface area contributed by atoms with Crippen LogP contribution in [0.4, 0.5) is 0 Å². The van der Waals surface area contributed by atoms with Gasteiger partial charge in [-0.2, -0.15) is 11.8 Å². The van der Waals surface area contributed by atoms with Crippen molar-refractivity contribution in [2.45, 2.75) is 6.54 Å². The molecule has 6 heteroatoms. The molecular formula is C12H14Cl2N2S2. The molecule has 0 aromatic heterocycles. The highest BCUT2D eigenvalue weighted by Crippen LogP contribution is 2.20. The normalized spacial score (nSPS) is 15.6. The fourth-order valence-corrected chi connectivity index (χ4v) is 3.35. The molecule has 98 valence electrons. The van der Waals surface area contributed by atoms with Gasteiger partial charge in [-0.1, -0.05) is 29.3 Å². The van der Waals surface area contributed by atoms with E-state index in [1.807, 2.05) is 23.9 Å². The van der Waals surface area contributed by atoms with Crippen molar-refractivity contribution in [2.24, 2.45) is 0 Å². The van der Waals surface area contributed by atoms with Crippen molar-refractivity contribution in [3.8, 4) is 0 Å². The number of nitrogens with one attached hydrogen (secondary N) is 1. The number of hydrogen-bond acceptors (Lipinski definition) is 2. The van der Waals surface area contributed by atoms with Gasteiger partial charge in [0.1, 0.15) is 0 Å². The minimum absolute atomic E-state index is 0.637. The van der Waals surface area contributed by atoms with Gasteiger partial charge in [0.15, 0.2) is 5.11 Å². The fourth-order valence-electron chi connectivity index (χ4n) is 1.71. The average Bonchev–Trinajstić information content (AvgIpc) is 2.38. The standard InChI is InChI=1S/C12H14Cl2N2S2/c13-10-2-1-9(11(14)7-10)8-15-12(17)16-3-5-18-6-4-16/h1-2,7H,3-6,8H2,(H,15,17). The molecule has 2 rings (SSSR count). The lowest BCUT2D eigenvalue weighted by Crippen LogP contribution is -2.43. The van der Waals surface area contributed by atoms with E-state index >= 15 is 0 Å². The third-order valence-corrected chi connectivity index (χ3v) is 4.68. The zero-order valence-electron chi connectivity index (χ0n) is 9.79. The van der Waals surface area contributed by atoms with Crippen LogP contribution in [0.2, 0.25) is 10.0 Å². The summed E-state index contributed by atoms with van der Waals surface area (Å²) in [6.07, 6.45) is 0. The zero-order valence-corrected chi connectivity index (χ0v) is 12.9. The molecule has 1 heterocycles. The number of hydrogen-bond donors (Lipinski definition) is 1. The summed E-state index contributed by atoms with van der Waals surface area (Å²) in [6.45, 7) is 2.67. The van der Waals surface area contributed by atoms with E-state index in [4.69, 9.17) is 35.4 Å². The van der Waals surface area contributed by atoms with Crippen molar-refractivity contribution in [1.29, 1.82) is 0 Å². The van der Waals surface area contributed by atoms with Crippen LogP contribution in [0.25, 0.3) is 0 Å². The molecule has 0 bridgehead atoms. The Morgan fingerprint density at radius 1 is 1.33 bits per heavy atom. The Labute approximate surface area is 127 Å². The first-order valence-corrected chi connectivity index (χ1v) is 8.03. The first kappa shape index (κ1) is 14.3.